The normalized spacial score (nSPS) is 10.4. The maximum absolute atomic E-state index is 12.1. The van der Waals surface area contributed by atoms with Crippen LogP contribution < -0.4 is 5.32 Å². The summed E-state index contributed by atoms with van der Waals surface area (Å²) < 4.78 is 6.40. The highest BCUT2D eigenvalue weighted by atomic mass is 35.5. The lowest BCUT2D eigenvalue weighted by Gasteiger charge is -2.06. The summed E-state index contributed by atoms with van der Waals surface area (Å²) in [5.74, 6) is -1.17. The standard InChI is InChI=1S/C17H18ClN3O4/c1-4-14(23)19-12-7-5-11(6-8-12)13(22)9-25-17(24)15-10(2)20-21(3)16(15)18/h5-8H,4,9H2,1-3H3,(H,19,23). The van der Waals surface area contributed by atoms with Crippen molar-refractivity contribution in [2.75, 3.05) is 11.9 Å². The topological polar surface area (TPSA) is 90.3 Å². The zero-order chi connectivity index (χ0) is 18.6. The number of hydrogen-bond donors (Lipinski definition) is 1. The number of nitrogens with zero attached hydrogens (tertiary/aromatic N) is 2. The minimum absolute atomic E-state index is 0.114. The number of Topliss-reactive ketones (excluding diaryl/α,β-unsaturated/α-hetero) is 1. The first-order chi connectivity index (χ1) is 11.8. The lowest BCUT2D eigenvalue weighted by atomic mass is 10.1. The summed E-state index contributed by atoms with van der Waals surface area (Å²) in [6.45, 7) is 2.97. The van der Waals surface area contributed by atoms with Crippen molar-refractivity contribution in [1.29, 1.82) is 0 Å². The van der Waals surface area contributed by atoms with Gasteiger partial charge in [-0.05, 0) is 31.2 Å². The van der Waals surface area contributed by atoms with E-state index in [4.69, 9.17) is 16.3 Å². The monoisotopic (exact) mass is 363 g/mol. The van der Waals surface area contributed by atoms with Crippen molar-refractivity contribution in [2.45, 2.75) is 20.3 Å². The first kappa shape index (κ1) is 18.7. The summed E-state index contributed by atoms with van der Waals surface area (Å²) >= 11 is 5.99. The third-order valence-corrected chi connectivity index (χ3v) is 3.94. The van der Waals surface area contributed by atoms with E-state index in [2.05, 4.69) is 10.4 Å². The summed E-state index contributed by atoms with van der Waals surface area (Å²) in [5.41, 5.74) is 1.55. The largest absolute Gasteiger partial charge is 0.454 e. The molecule has 132 valence electrons. The summed E-state index contributed by atoms with van der Waals surface area (Å²) in [5, 5.41) is 6.86. The Kier molecular flexibility index (Phi) is 5.93. The number of halogens is 1. The summed E-state index contributed by atoms with van der Waals surface area (Å²) in [6.07, 6.45) is 0.368. The molecule has 1 aromatic carbocycles. The van der Waals surface area contributed by atoms with Crippen molar-refractivity contribution >= 4 is 34.9 Å². The van der Waals surface area contributed by atoms with Gasteiger partial charge in [-0.3, -0.25) is 14.3 Å². The van der Waals surface area contributed by atoms with Crippen molar-refractivity contribution in [1.82, 2.24) is 9.78 Å². The zero-order valence-corrected chi connectivity index (χ0v) is 14.9. The molecular formula is C17H18ClN3O4. The number of aryl methyl sites for hydroxylation is 2. The first-order valence-electron chi connectivity index (χ1n) is 7.62. The predicted octanol–water partition coefficient (Wildman–Crippen LogP) is 2.77. The molecule has 2 rings (SSSR count). The summed E-state index contributed by atoms with van der Waals surface area (Å²) in [7, 11) is 1.61. The molecule has 0 fully saturated rings. The fourth-order valence-corrected chi connectivity index (χ4v) is 2.39. The van der Waals surface area contributed by atoms with Gasteiger partial charge >= 0.3 is 5.97 Å². The second kappa shape index (κ2) is 7.94. The Hall–Kier alpha value is -2.67. The average molecular weight is 364 g/mol. The van der Waals surface area contributed by atoms with Gasteiger partial charge in [0, 0.05) is 24.7 Å². The van der Waals surface area contributed by atoms with Crippen LogP contribution in [0.4, 0.5) is 5.69 Å². The number of amides is 1. The molecule has 1 amide bonds. The quantitative estimate of drug-likeness (QED) is 0.629. The van der Waals surface area contributed by atoms with Crippen molar-refractivity contribution in [3.05, 3.63) is 46.2 Å². The van der Waals surface area contributed by atoms with Crippen molar-refractivity contribution in [2.24, 2.45) is 7.05 Å². The van der Waals surface area contributed by atoms with E-state index in [1.54, 1.807) is 45.2 Å². The van der Waals surface area contributed by atoms with Crippen LogP contribution >= 0.6 is 11.6 Å². The van der Waals surface area contributed by atoms with Crippen LogP contribution in [0.25, 0.3) is 0 Å². The number of aromatic nitrogens is 2. The molecule has 0 saturated carbocycles. The highest BCUT2D eigenvalue weighted by Gasteiger charge is 2.21. The second-order valence-corrected chi connectivity index (χ2v) is 5.71. The van der Waals surface area contributed by atoms with Crippen molar-refractivity contribution < 1.29 is 19.1 Å². The molecule has 0 bridgehead atoms. The van der Waals surface area contributed by atoms with Gasteiger partial charge in [0.1, 0.15) is 10.7 Å². The van der Waals surface area contributed by atoms with Gasteiger partial charge in [-0.2, -0.15) is 5.10 Å². The maximum Gasteiger partial charge on any atom is 0.343 e. The fraction of sp³-hybridized carbons (Fsp3) is 0.294. The Morgan fingerprint density at radius 1 is 1.24 bits per heavy atom. The third kappa shape index (κ3) is 4.45. The minimum Gasteiger partial charge on any atom is -0.454 e. The molecule has 7 nitrogen and oxygen atoms in total. The number of ketones is 1. The smallest absolute Gasteiger partial charge is 0.343 e. The number of carbonyl (C=O) groups excluding carboxylic acids is 3. The number of benzene rings is 1. The zero-order valence-electron chi connectivity index (χ0n) is 14.1. The van der Waals surface area contributed by atoms with E-state index in [1.165, 1.54) is 4.68 Å². The van der Waals surface area contributed by atoms with Crippen molar-refractivity contribution in [3.8, 4) is 0 Å². The van der Waals surface area contributed by atoms with Gasteiger partial charge in [0.15, 0.2) is 12.4 Å². The Balaban J connectivity index is 1.98. The molecule has 0 aliphatic heterocycles. The van der Waals surface area contributed by atoms with Gasteiger partial charge in [-0.15, -0.1) is 0 Å². The molecule has 25 heavy (non-hydrogen) atoms. The number of anilines is 1. The molecule has 8 heteroatoms. The van der Waals surface area contributed by atoms with E-state index in [9.17, 15) is 14.4 Å². The van der Waals surface area contributed by atoms with E-state index >= 15 is 0 Å². The molecule has 2 aromatic rings. The molecule has 1 aromatic heterocycles. The number of nitrogens with one attached hydrogen (secondary N) is 1. The number of ether oxygens (including phenoxy) is 1. The minimum atomic E-state index is -0.698. The van der Waals surface area contributed by atoms with Gasteiger partial charge in [0.25, 0.3) is 0 Å². The number of rotatable bonds is 6. The molecule has 1 heterocycles. The van der Waals surface area contributed by atoms with Gasteiger partial charge < -0.3 is 10.1 Å². The molecule has 0 atom stereocenters. The fourth-order valence-electron chi connectivity index (χ4n) is 2.14. The Bertz CT molecular complexity index is 812. The van der Waals surface area contributed by atoms with Crippen LogP contribution in [0.1, 0.15) is 39.8 Å². The van der Waals surface area contributed by atoms with Gasteiger partial charge in [-0.1, -0.05) is 18.5 Å². The lowest BCUT2D eigenvalue weighted by molar-refractivity contribution is -0.115. The molecule has 0 spiro atoms. The van der Waals surface area contributed by atoms with Gasteiger partial charge in [0.05, 0.1) is 5.69 Å². The molecule has 0 unspecified atom stereocenters. The SMILES string of the molecule is CCC(=O)Nc1ccc(C(=O)COC(=O)c2c(C)nn(C)c2Cl)cc1. The third-order valence-electron chi connectivity index (χ3n) is 3.50. The number of carbonyl (C=O) groups is 3. The van der Waals surface area contributed by atoms with Crippen molar-refractivity contribution in [3.63, 3.8) is 0 Å². The number of esters is 1. The van der Waals surface area contributed by atoms with E-state index in [1.807, 2.05) is 0 Å². The van der Waals surface area contributed by atoms with E-state index < -0.39 is 12.6 Å². The van der Waals surface area contributed by atoms with Crippen LogP contribution in [0.15, 0.2) is 24.3 Å². The maximum atomic E-state index is 12.1. The van der Waals surface area contributed by atoms with Crippen LogP contribution in [-0.4, -0.2) is 34.0 Å². The Morgan fingerprint density at radius 3 is 2.40 bits per heavy atom. The van der Waals surface area contributed by atoms with Crippen LogP contribution in [0.2, 0.25) is 5.15 Å². The highest BCUT2D eigenvalue weighted by molar-refractivity contribution is 6.32. The van der Waals surface area contributed by atoms with Crippen LogP contribution in [0, 0.1) is 6.92 Å². The van der Waals surface area contributed by atoms with Crippen LogP contribution in [0.3, 0.4) is 0 Å². The summed E-state index contributed by atoms with van der Waals surface area (Å²) in [6, 6.07) is 6.35. The van der Waals surface area contributed by atoms with Gasteiger partial charge in [-0.25, -0.2) is 4.79 Å². The molecule has 0 radical (unpaired) electrons. The second-order valence-electron chi connectivity index (χ2n) is 5.35. The van der Waals surface area contributed by atoms with E-state index in [-0.39, 0.29) is 22.4 Å². The van der Waals surface area contributed by atoms with E-state index in [0.29, 0.717) is 23.4 Å². The van der Waals surface area contributed by atoms with Crippen LogP contribution in [0.5, 0.6) is 0 Å². The highest BCUT2D eigenvalue weighted by Crippen LogP contribution is 2.19. The molecule has 0 saturated heterocycles. The summed E-state index contributed by atoms with van der Waals surface area (Å²) in [4.78, 5) is 35.5. The predicted molar refractivity (Wildman–Crippen MR) is 92.9 cm³/mol. The molecule has 0 aliphatic rings. The number of hydrogen-bond acceptors (Lipinski definition) is 5. The van der Waals surface area contributed by atoms with E-state index in [0.717, 1.165) is 0 Å². The van der Waals surface area contributed by atoms with Gasteiger partial charge in [0.2, 0.25) is 5.91 Å². The first-order valence-corrected chi connectivity index (χ1v) is 8.00. The van der Waals surface area contributed by atoms with Crippen LogP contribution in [-0.2, 0) is 16.6 Å². The average Bonchev–Trinajstić information content (AvgIpc) is 2.85. The molecule has 0 aliphatic carbocycles. The Morgan fingerprint density at radius 2 is 1.88 bits per heavy atom. The molecule has 1 N–H and O–H groups in total. The lowest BCUT2D eigenvalue weighted by Crippen LogP contribution is -2.15. The molecular weight excluding hydrogens is 346 g/mol. The Labute approximate surface area is 149 Å².